The van der Waals surface area contributed by atoms with Crippen LogP contribution in [0, 0.1) is 0 Å². The van der Waals surface area contributed by atoms with E-state index in [9.17, 15) is 4.79 Å². The van der Waals surface area contributed by atoms with E-state index >= 15 is 0 Å². The van der Waals surface area contributed by atoms with Crippen molar-refractivity contribution in [2.45, 2.75) is 0 Å². The lowest BCUT2D eigenvalue weighted by Crippen LogP contribution is -2.26. The van der Waals surface area contributed by atoms with Gasteiger partial charge in [0, 0.05) is 30.3 Å². The molecular weight excluding hydrogens is 238 g/mol. The summed E-state index contributed by atoms with van der Waals surface area (Å²) in [4.78, 5) is 21.3. The Hall–Kier alpha value is -2.62. The second-order valence-electron chi connectivity index (χ2n) is 4.30. The molecule has 0 bridgehead atoms. The summed E-state index contributed by atoms with van der Waals surface area (Å²) >= 11 is 0. The van der Waals surface area contributed by atoms with Gasteiger partial charge in [0.15, 0.2) is 0 Å². The van der Waals surface area contributed by atoms with Crippen molar-refractivity contribution in [1.82, 2.24) is 9.97 Å². The zero-order valence-corrected chi connectivity index (χ0v) is 10.5. The van der Waals surface area contributed by atoms with Crippen LogP contribution in [0.1, 0.15) is 10.4 Å². The van der Waals surface area contributed by atoms with E-state index in [1.807, 2.05) is 42.5 Å². The van der Waals surface area contributed by atoms with Gasteiger partial charge in [0.1, 0.15) is 5.82 Å². The number of benzene rings is 1. The molecule has 0 radical (unpaired) electrons. The van der Waals surface area contributed by atoms with Gasteiger partial charge >= 0.3 is 0 Å². The Morgan fingerprint density at radius 3 is 2.74 bits per heavy atom. The molecule has 1 amide bonds. The minimum Gasteiger partial charge on any atom is -0.360 e. The predicted molar refractivity (Wildman–Crippen MR) is 75.3 cm³/mol. The van der Waals surface area contributed by atoms with E-state index in [-0.39, 0.29) is 5.91 Å². The summed E-state index contributed by atoms with van der Waals surface area (Å²) in [5.74, 6) is 0.564. The number of anilines is 1. The Kier molecular flexibility index (Phi) is 2.76. The van der Waals surface area contributed by atoms with Gasteiger partial charge in [-0.15, -0.1) is 0 Å². The maximum Gasteiger partial charge on any atom is 0.261 e. The van der Waals surface area contributed by atoms with Gasteiger partial charge in [-0.1, -0.05) is 24.3 Å². The van der Waals surface area contributed by atoms with E-state index in [1.165, 1.54) is 0 Å². The monoisotopic (exact) mass is 251 g/mol. The number of hydrogen-bond donors (Lipinski definition) is 1. The van der Waals surface area contributed by atoms with Crippen molar-refractivity contribution >= 4 is 22.6 Å². The minimum absolute atomic E-state index is 0.0730. The molecule has 0 unspecified atom stereocenters. The van der Waals surface area contributed by atoms with Gasteiger partial charge in [-0.2, -0.15) is 0 Å². The van der Waals surface area contributed by atoms with Crippen molar-refractivity contribution in [3.63, 3.8) is 0 Å². The molecule has 3 rings (SSSR count). The summed E-state index contributed by atoms with van der Waals surface area (Å²) < 4.78 is 0. The second-order valence-corrected chi connectivity index (χ2v) is 4.30. The van der Waals surface area contributed by atoms with Crippen LogP contribution >= 0.6 is 0 Å². The average molecular weight is 251 g/mol. The van der Waals surface area contributed by atoms with Crippen LogP contribution in [-0.2, 0) is 0 Å². The molecule has 4 nitrogen and oxygen atoms in total. The first kappa shape index (κ1) is 11.5. The topological polar surface area (TPSA) is 49.0 Å². The number of nitrogens with zero attached hydrogens (tertiary/aromatic N) is 2. The van der Waals surface area contributed by atoms with Crippen LogP contribution in [0.5, 0.6) is 0 Å². The Morgan fingerprint density at radius 1 is 1.16 bits per heavy atom. The summed E-state index contributed by atoms with van der Waals surface area (Å²) in [5.41, 5.74) is 1.61. The number of rotatable bonds is 2. The van der Waals surface area contributed by atoms with Crippen LogP contribution in [0.25, 0.3) is 10.9 Å². The first-order chi connectivity index (χ1) is 9.27. The van der Waals surface area contributed by atoms with Crippen LogP contribution in [-0.4, -0.2) is 22.9 Å². The summed E-state index contributed by atoms with van der Waals surface area (Å²) in [6.45, 7) is 0. The molecule has 1 N–H and O–H groups in total. The Labute approximate surface area is 110 Å². The maximum atomic E-state index is 12.5. The summed E-state index contributed by atoms with van der Waals surface area (Å²) in [5, 5.41) is 0.926. The van der Waals surface area contributed by atoms with Crippen LogP contribution in [0.4, 0.5) is 5.82 Å². The molecule has 0 fully saturated rings. The summed E-state index contributed by atoms with van der Waals surface area (Å²) in [6, 6.07) is 13.3. The first-order valence-electron chi connectivity index (χ1n) is 6.02. The van der Waals surface area contributed by atoms with E-state index in [2.05, 4.69) is 9.97 Å². The Balaban J connectivity index is 2.00. The van der Waals surface area contributed by atoms with Crippen molar-refractivity contribution in [3.8, 4) is 0 Å². The second kappa shape index (κ2) is 4.57. The van der Waals surface area contributed by atoms with E-state index < -0.39 is 0 Å². The number of aromatic amines is 1. The van der Waals surface area contributed by atoms with Gasteiger partial charge in [0.25, 0.3) is 5.91 Å². The van der Waals surface area contributed by atoms with E-state index in [0.717, 1.165) is 10.9 Å². The molecule has 94 valence electrons. The fraction of sp³-hybridized carbons (Fsp3) is 0.0667. The number of carbonyl (C=O) groups excluding carboxylic acids is 1. The highest BCUT2D eigenvalue weighted by molar-refractivity contribution is 6.13. The van der Waals surface area contributed by atoms with Gasteiger partial charge in [-0.3, -0.25) is 9.69 Å². The van der Waals surface area contributed by atoms with Crippen LogP contribution in [0.15, 0.2) is 54.9 Å². The number of fused-ring (bicyclic) bond motifs is 1. The quantitative estimate of drug-likeness (QED) is 0.761. The zero-order valence-electron chi connectivity index (χ0n) is 10.5. The molecule has 0 atom stereocenters. The standard InChI is InChI=1S/C15H13N3O/c1-18(14-8-4-5-9-16-14)15(19)12-10-17-13-7-3-2-6-11(12)13/h2-10,17H,1H3. The fourth-order valence-electron chi connectivity index (χ4n) is 2.09. The van der Waals surface area contributed by atoms with Crippen molar-refractivity contribution in [2.24, 2.45) is 0 Å². The molecule has 0 aliphatic carbocycles. The molecule has 2 heterocycles. The first-order valence-corrected chi connectivity index (χ1v) is 6.02. The third-order valence-corrected chi connectivity index (χ3v) is 3.12. The number of para-hydroxylation sites is 1. The normalized spacial score (nSPS) is 10.6. The lowest BCUT2D eigenvalue weighted by molar-refractivity contribution is 0.0994. The number of H-pyrrole nitrogens is 1. The molecule has 0 saturated heterocycles. The summed E-state index contributed by atoms with van der Waals surface area (Å²) in [6.07, 6.45) is 3.42. The van der Waals surface area contributed by atoms with Gasteiger partial charge in [0.05, 0.1) is 5.56 Å². The van der Waals surface area contributed by atoms with Crippen LogP contribution < -0.4 is 4.90 Å². The van der Waals surface area contributed by atoms with Gasteiger partial charge < -0.3 is 4.98 Å². The molecule has 3 aromatic rings. The number of nitrogens with one attached hydrogen (secondary N) is 1. The maximum absolute atomic E-state index is 12.5. The largest absolute Gasteiger partial charge is 0.360 e. The lowest BCUT2D eigenvalue weighted by Gasteiger charge is -2.15. The lowest BCUT2D eigenvalue weighted by atomic mass is 10.1. The van der Waals surface area contributed by atoms with E-state index in [4.69, 9.17) is 0 Å². The zero-order chi connectivity index (χ0) is 13.2. The van der Waals surface area contributed by atoms with Gasteiger partial charge in [-0.25, -0.2) is 4.98 Å². The minimum atomic E-state index is -0.0730. The number of aromatic nitrogens is 2. The number of amides is 1. The SMILES string of the molecule is CN(C(=O)c1c[nH]c2ccccc12)c1ccccn1. The number of carbonyl (C=O) groups is 1. The highest BCUT2D eigenvalue weighted by atomic mass is 16.2. The van der Waals surface area contributed by atoms with E-state index in [0.29, 0.717) is 11.4 Å². The predicted octanol–water partition coefficient (Wildman–Crippen LogP) is 2.84. The molecule has 1 aromatic carbocycles. The molecule has 19 heavy (non-hydrogen) atoms. The average Bonchev–Trinajstić information content (AvgIpc) is 2.90. The molecule has 0 saturated carbocycles. The highest BCUT2D eigenvalue weighted by Gasteiger charge is 2.17. The smallest absolute Gasteiger partial charge is 0.261 e. The van der Waals surface area contributed by atoms with Crippen molar-refractivity contribution < 1.29 is 4.79 Å². The van der Waals surface area contributed by atoms with Gasteiger partial charge in [0.2, 0.25) is 0 Å². The molecular formula is C15H13N3O. The van der Waals surface area contributed by atoms with Crippen molar-refractivity contribution in [3.05, 3.63) is 60.4 Å². The van der Waals surface area contributed by atoms with Crippen LogP contribution in [0.3, 0.4) is 0 Å². The molecule has 2 aromatic heterocycles. The van der Waals surface area contributed by atoms with E-state index in [1.54, 1.807) is 24.3 Å². The molecule has 0 aliphatic heterocycles. The number of pyridine rings is 1. The summed E-state index contributed by atoms with van der Waals surface area (Å²) in [7, 11) is 1.73. The number of hydrogen-bond acceptors (Lipinski definition) is 2. The van der Waals surface area contributed by atoms with Crippen molar-refractivity contribution in [1.29, 1.82) is 0 Å². The van der Waals surface area contributed by atoms with Gasteiger partial charge in [-0.05, 0) is 18.2 Å². The van der Waals surface area contributed by atoms with Crippen LogP contribution in [0.2, 0.25) is 0 Å². The highest BCUT2D eigenvalue weighted by Crippen LogP contribution is 2.20. The fourth-order valence-corrected chi connectivity index (χ4v) is 2.09. The third-order valence-electron chi connectivity index (χ3n) is 3.12. The Morgan fingerprint density at radius 2 is 1.95 bits per heavy atom. The molecule has 0 spiro atoms. The third kappa shape index (κ3) is 1.97. The molecule has 0 aliphatic rings. The van der Waals surface area contributed by atoms with Crippen molar-refractivity contribution in [2.75, 3.05) is 11.9 Å². The molecule has 4 heteroatoms. The Bertz CT molecular complexity index is 718.